The van der Waals surface area contributed by atoms with Gasteiger partial charge in [0.05, 0.1) is 6.04 Å². The van der Waals surface area contributed by atoms with Gasteiger partial charge >= 0.3 is 5.63 Å². The van der Waals surface area contributed by atoms with Crippen LogP contribution in [-0.2, 0) is 4.79 Å². The van der Waals surface area contributed by atoms with Crippen LogP contribution in [0.3, 0.4) is 0 Å². The van der Waals surface area contributed by atoms with Crippen molar-refractivity contribution < 1.29 is 13.9 Å². The molecule has 3 rings (SSSR count). The Kier molecular flexibility index (Phi) is 5.37. The number of nitrogens with one attached hydrogen (secondary N) is 1. The molecule has 0 saturated heterocycles. The highest BCUT2D eigenvalue weighted by atomic mass is 16.5. The molecule has 1 N–H and O–H groups in total. The van der Waals surface area contributed by atoms with E-state index < -0.39 is 5.63 Å². The number of amides is 1. The van der Waals surface area contributed by atoms with Crippen LogP contribution in [0.25, 0.3) is 11.0 Å². The lowest BCUT2D eigenvalue weighted by Crippen LogP contribution is -2.32. The van der Waals surface area contributed by atoms with E-state index in [1.54, 1.807) is 24.3 Å². The quantitative estimate of drug-likeness (QED) is 0.687. The Bertz CT molecular complexity index is 960. The summed E-state index contributed by atoms with van der Waals surface area (Å²) in [5.41, 5.74) is 2.26. The Labute approximate surface area is 151 Å². The van der Waals surface area contributed by atoms with Gasteiger partial charge < -0.3 is 14.5 Å². The van der Waals surface area contributed by atoms with Gasteiger partial charge in [-0.05, 0) is 37.1 Å². The van der Waals surface area contributed by atoms with E-state index in [1.165, 1.54) is 11.6 Å². The summed E-state index contributed by atoms with van der Waals surface area (Å²) in [4.78, 5) is 23.5. The minimum Gasteiger partial charge on any atom is -0.484 e. The van der Waals surface area contributed by atoms with E-state index in [0.29, 0.717) is 11.3 Å². The minimum atomic E-state index is -0.420. The van der Waals surface area contributed by atoms with Crippen LogP contribution in [0.15, 0.2) is 63.8 Å². The zero-order valence-corrected chi connectivity index (χ0v) is 14.8. The second-order valence-corrected chi connectivity index (χ2v) is 6.18. The highest BCUT2D eigenvalue weighted by Gasteiger charge is 2.13. The van der Waals surface area contributed by atoms with Gasteiger partial charge in [0, 0.05) is 17.5 Å². The van der Waals surface area contributed by atoms with Gasteiger partial charge in [0.15, 0.2) is 6.61 Å². The smallest absolute Gasteiger partial charge is 0.336 e. The van der Waals surface area contributed by atoms with Gasteiger partial charge in [-0.1, -0.05) is 36.8 Å². The molecule has 1 heterocycles. The normalized spacial score (nSPS) is 11.9. The SMILES string of the molecule is CC[C@@H](NC(=O)COc1ccc2ccc(=O)oc2c1)c1ccc(C)cc1. The topological polar surface area (TPSA) is 68.5 Å². The molecule has 134 valence electrons. The highest BCUT2D eigenvalue weighted by Crippen LogP contribution is 2.20. The molecule has 26 heavy (non-hydrogen) atoms. The van der Waals surface area contributed by atoms with Crippen LogP contribution in [0.2, 0.25) is 0 Å². The molecule has 5 nitrogen and oxygen atoms in total. The van der Waals surface area contributed by atoms with Crippen LogP contribution in [0.5, 0.6) is 5.75 Å². The van der Waals surface area contributed by atoms with Crippen molar-refractivity contribution in [2.45, 2.75) is 26.3 Å². The first kappa shape index (κ1) is 17.7. The van der Waals surface area contributed by atoms with E-state index in [4.69, 9.17) is 9.15 Å². The van der Waals surface area contributed by atoms with Crippen LogP contribution in [0, 0.1) is 6.92 Å². The second-order valence-electron chi connectivity index (χ2n) is 6.18. The molecule has 1 atom stereocenters. The van der Waals surface area contributed by atoms with Crippen molar-refractivity contribution in [3.8, 4) is 5.75 Å². The van der Waals surface area contributed by atoms with Crippen molar-refractivity contribution in [3.63, 3.8) is 0 Å². The largest absolute Gasteiger partial charge is 0.484 e. The number of rotatable bonds is 6. The first-order chi connectivity index (χ1) is 12.5. The molecule has 0 bridgehead atoms. The lowest BCUT2D eigenvalue weighted by molar-refractivity contribution is -0.123. The van der Waals surface area contributed by atoms with Gasteiger partial charge in [0.1, 0.15) is 11.3 Å². The maximum absolute atomic E-state index is 12.2. The molecule has 0 saturated carbocycles. The number of carbonyl (C=O) groups is 1. The molecule has 1 amide bonds. The molecule has 0 unspecified atom stereocenters. The van der Waals surface area contributed by atoms with Gasteiger partial charge in [0.2, 0.25) is 0 Å². The van der Waals surface area contributed by atoms with Crippen molar-refractivity contribution in [2.75, 3.05) is 6.61 Å². The number of hydrogen-bond donors (Lipinski definition) is 1. The zero-order valence-electron chi connectivity index (χ0n) is 14.8. The predicted molar refractivity (Wildman–Crippen MR) is 100 cm³/mol. The summed E-state index contributed by atoms with van der Waals surface area (Å²) in [7, 11) is 0. The predicted octanol–water partition coefficient (Wildman–Crippen LogP) is 3.75. The zero-order chi connectivity index (χ0) is 18.5. The molecule has 0 aliphatic carbocycles. The third-order valence-corrected chi connectivity index (χ3v) is 4.19. The fraction of sp³-hybridized carbons (Fsp3) is 0.238. The summed E-state index contributed by atoms with van der Waals surface area (Å²) in [5, 5.41) is 3.78. The number of aryl methyl sites for hydroxylation is 1. The maximum Gasteiger partial charge on any atom is 0.336 e. The number of ether oxygens (including phenoxy) is 1. The molecule has 0 fully saturated rings. The second kappa shape index (κ2) is 7.87. The molecule has 0 aliphatic heterocycles. The lowest BCUT2D eigenvalue weighted by atomic mass is 10.0. The summed E-state index contributed by atoms with van der Waals surface area (Å²) >= 11 is 0. The maximum atomic E-state index is 12.2. The molecular formula is C21H21NO4. The Balaban J connectivity index is 1.62. The van der Waals surface area contributed by atoms with E-state index in [-0.39, 0.29) is 18.6 Å². The molecule has 3 aromatic rings. The molecule has 1 aromatic heterocycles. The number of carbonyl (C=O) groups excluding carboxylic acids is 1. The van der Waals surface area contributed by atoms with Gasteiger partial charge in [-0.2, -0.15) is 0 Å². The highest BCUT2D eigenvalue weighted by molar-refractivity contribution is 5.79. The Morgan fingerprint density at radius 2 is 1.85 bits per heavy atom. The summed E-state index contributed by atoms with van der Waals surface area (Å²) in [5.74, 6) is 0.275. The van der Waals surface area contributed by atoms with E-state index in [0.717, 1.165) is 17.4 Å². The average Bonchev–Trinajstić information content (AvgIpc) is 2.65. The van der Waals surface area contributed by atoms with Crippen LogP contribution in [0.1, 0.15) is 30.5 Å². The number of fused-ring (bicyclic) bond motifs is 1. The number of hydrogen-bond acceptors (Lipinski definition) is 4. The fourth-order valence-corrected chi connectivity index (χ4v) is 2.74. The van der Waals surface area contributed by atoms with Gasteiger partial charge in [0.25, 0.3) is 5.91 Å². The fourth-order valence-electron chi connectivity index (χ4n) is 2.74. The van der Waals surface area contributed by atoms with Crippen molar-refractivity contribution >= 4 is 16.9 Å². The van der Waals surface area contributed by atoms with Crippen molar-refractivity contribution in [2.24, 2.45) is 0 Å². The third kappa shape index (κ3) is 4.30. The van der Waals surface area contributed by atoms with Gasteiger partial charge in [-0.15, -0.1) is 0 Å². The Morgan fingerprint density at radius 3 is 2.58 bits per heavy atom. The van der Waals surface area contributed by atoms with Gasteiger partial charge in [-0.25, -0.2) is 4.79 Å². The van der Waals surface area contributed by atoms with E-state index >= 15 is 0 Å². The van der Waals surface area contributed by atoms with Crippen LogP contribution in [-0.4, -0.2) is 12.5 Å². The summed E-state index contributed by atoms with van der Waals surface area (Å²) in [6, 6.07) is 16.2. The summed E-state index contributed by atoms with van der Waals surface area (Å²) in [6.45, 7) is 3.95. The third-order valence-electron chi connectivity index (χ3n) is 4.19. The molecule has 0 spiro atoms. The molecule has 0 radical (unpaired) electrons. The van der Waals surface area contributed by atoms with Crippen LogP contribution < -0.4 is 15.7 Å². The van der Waals surface area contributed by atoms with E-state index in [2.05, 4.69) is 5.32 Å². The minimum absolute atomic E-state index is 0.0543. The first-order valence-electron chi connectivity index (χ1n) is 8.58. The van der Waals surface area contributed by atoms with E-state index in [9.17, 15) is 9.59 Å². The van der Waals surface area contributed by atoms with Crippen molar-refractivity contribution in [1.29, 1.82) is 0 Å². The van der Waals surface area contributed by atoms with Crippen LogP contribution >= 0.6 is 0 Å². The first-order valence-corrected chi connectivity index (χ1v) is 8.58. The lowest BCUT2D eigenvalue weighted by Gasteiger charge is -2.18. The average molecular weight is 351 g/mol. The molecule has 5 heteroatoms. The summed E-state index contributed by atoms with van der Waals surface area (Å²) < 4.78 is 10.7. The monoisotopic (exact) mass is 351 g/mol. The molecule has 2 aromatic carbocycles. The Morgan fingerprint density at radius 1 is 1.12 bits per heavy atom. The van der Waals surface area contributed by atoms with Crippen molar-refractivity contribution in [3.05, 3.63) is 76.1 Å². The molecular weight excluding hydrogens is 330 g/mol. The van der Waals surface area contributed by atoms with Crippen molar-refractivity contribution in [1.82, 2.24) is 5.32 Å². The molecule has 0 aliphatic rings. The van der Waals surface area contributed by atoms with Gasteiger partial charge in [-0.3, -0.25) is 4.79 Å². The van der Waals surface area contributed by atoms with E-state index in [1.807, 2.05) is 38.1 Å². The summed E-state index contributed by atoms with van der Waals surface area (Å²) in [6.07, 6.45) is 0.788. The Hall–Kier alpha value is -3.08. The van der Waals surface area contributed by atoms with Crippen LogP contribution in [0.4, 0.5) is 0 Å². The standard InChI is InChI=1S/C21H21NO4/c1-3-18(15-6-4-14(2)5-7-15)22-20(23)13-25-17-10-8-16-9-11-21(24)26-19(16)12-17/h4-12,18H,3,13H2,1-2H3,(H,22,23)/t18-/m1/s1. The number of benzene rings is 2.